The fourth-order valence-electron chi connectivity index (χ4n) is 3.62. The Balaban J connectivity index is 1.47. The van der Waals surface area contributed by atoms with E-state index < -0.39 is 0 Å². The second-order valence-corrected chi connectivity index (χ2v) is 7.00. The van der Waals surface area contributed by atoms with Gasteiger partial charge in [0.1, 0.15) is 18.7 Å². The number of nitrogens with one attached hydrogen (secondary N) is 2. The van der Waals surface area contributed by atoms with Crippen LogP contribution in [0.25, 0.3) is 0 Å². The van der Waals surface area contributed by atoms with E-state index in [-0.39, 0.29) is 0 Å². The Morgan fingerprint density at radius 2 is 1.92 bits per heavy atom. The topological polar surface area (TPSA) is 67.1 Å². The van der Waals surface area contributed by atoms with Crippen molar-refractivity contribution in [2.45, 2.75) is 45.1 Å². The summed E-state index contributed by atoms with van der Waals surface area (Å²) in [6, 6.07) is 10.9. The molecule has 0 unspecified atom stereocenters. The summed E-state index contributed by atoms with van der Waals surface area (Å²) in [6.45, 7) is 4.45. The normalized spacial score (nSPS) is 20.8. The largest absolute Gasteiger partial charge is 0.357 e. The summed E-state index contributed by atoms with van der Waals surface area (Å²) in [4.78, 5) is 8.86. The first-order valence-corrected chi connectivity index (χ1v) is 9.66. The van der Waals surface area contributed by atoms with Gasteiger partial charge in [-0.1, -0.05) is 30.3 Å². The predicted molar refractivity (Wildman–Crippen MR) is 105 cm³/mol. The van der Waals surface area contributed by atoms with E-state index in [1.54, 1.807) is 11.0 Å². The molecule has 3 rings (SSSR count). The number of nitrogens with zero attached hydrogens (tertiary/aromatic N) is 4. The van der Waals surface area contributed by atoms with Crippen molar-refractivity contribution in [1.82, 2.24) is 25.4 Å². The lowest BCUT2D eigenvalue weighted by atomic mass is 9.79. The van der Waals surface area contributed by atoms with Gasteiger partial charge in [0.25, 0.3) is 0 Å². The molecule has 0 aliphatic heterocycles. The molecule has 1 heterocycles. The highest BCUT2D eigenvalue weighted by Crippen LogP contribution is 2.35. The zero-order valence-corrected chi connectivity index (χ0v) is 15.9. The van der Waals surface area contributed by atoms with Gasteiger partial charge >= 0.3 is 0 Å². The van der Waals surface area contributed by atoms with E-state index in [9.17, 15) is 0 Å². The van der Waals surface area contributed by atoms with E-state index in [0.717, 1.165) is 30.8 Å². The summed E-state index contributed by atoms with van der Waals surface area (Å²) >= 11 is 0. The Kier molecular flexibility index (Phi) is 6.63. The molecule has 2 aromatic rings. The molecule has 6 heteroatoms. The fraction of sp³-hybridized carbons (Fsp3) is 0.550. The molecular weight excluding hydrogens is 324 g/mol. The molecule has 0 saturated heterocycles. The van der Waals surface area contributed by atoms with Crippen molar-refractivity contribution in [3.8, 4) is 0 Å². The maximum absolute atomic E-state index is 4.63. The van der Waals surface area contributed by atoms with Gasteiger partial charge in [0, 0.05) is 20.1 Å². The van der Waals surface area contributed by atoms with Gasteiger partial charge in [-0.15, -0.1) is 0 Å². The molecule has 1 aliphatic rings. The Bertz CT molecular complexity index is 685. The SMILES string of the molecule is CCNC(=NCc1ncnn1C)NCC1CCC(c2ccccc2)CC1. The van der Waals surface area contributed by atoms with Gasteiger partial charge in [-0.05, 0) is 50.0 Å². The number of benzene rings is 1. The summed E-state index contributed by atoms with van der Waals surface area (Å²) in [6.07, 6.45) is 6.67. The minimum absolute atomic E-state index is 0.534. The van der Waals surface area contributed by atoms with Crippen LogP contribution >= 0.6 is 0 Å². The molecule has 1 fully saturated rings. The van der Waals surface area contributed by atoms with Crippen molar-refractivity contribution in [2.24, 2.45) is 18.0 Å². The lowest BCUT2D eigenvalue weighted by Crippen LogP contribution is -2.40. The molecule has 0 amide bonds. The number of hydrogen-bond donors (Lipinski definition) is 2. The van der Waals surface area contributed by atoms with E-state index in [1.807, 2.05) is 7.05 Å². The monoisotopic (exact) mass is 354 g/mol. The number of aryl methyl sites for hydroxylation is 1. The van der Waals surface area contributed by atoms with Crippen LogP contribution < -0.4 is 10.6 Å². The van der Waals surface area contributed by atoms with Gasteiger partial charge < -0.3 is 10.6 Å². The van der Waals surface area contributed by atoms with Crippen molar-refractivity contribution < 1.29 is 0 Å². The molecule has 26 heavy (non-hydrogen) atoms. The van der Waals surface area contributed by atoms with Gasteiger partial charge in [-0.25, -0.2) is 9.98 Å². The van der Waals surface area contributed by atoms with Gasteiger partial charge in [0.05, 0.1) is 0 Å². The molecule has 1 aromatic carbocycles. The van der Waals surface area contributed by atoms with Gasteiger partial charge in [-0.3, -0.25) is 4.68 Å². The maximum Gasteiger partial charge on any atom is 0.191 e. The molecule has 1 saturated carbocycles. The van der Waals surface area contributed by atoms with Crippen LogP contribution in [0, 0.1) is 5.92 Å². The molecule has 6 nitrogen and oxygen atoms in total. The second-order valence-electron chi connectivity index (χ2n) is 7.00. The Labute approximate surface area is 156 Å². The van der Waals surface area contributed by atoms with Gasteiger partial charge in [0.2, 0.25) is 0 Å². The average Bonchev–Trinajstić information content (AvgIpc) is 3.10. The van der Waals surface area contributed by atoms with Gasteiger partial charge in [0.15, 0.2) is 5.96 Å². The van der Waals surface area contributed by atoms with Crippen LogP contribution in [0.15, 0.2) is 41.7 Å². The first-order valence-electron chi connectivity index (χ1n) is 9.66. The van der Waals surface area contributed by atoms with E-state index in [1.165, 1.54) is 31.2 Å². The maximum atomic E-state index is 4.63. The highest BCUT2D eigenvalue weighted by molar-refractivity contribution is 5.79. The Morgan fingerprint density at radius 1 is 1.15 bits per heavy atom. The van der Waals surface area contributed by atoms with Crippen molar-refractivity contribution in [3.63, 3.8) is 0 Å². The number of hydrogen-bond acceptors (Lipinski definition) is 3. The Hall–Kier alpha value is -2.37. The number of rotatable bonds is 6. The first-order chi connectivity index (χ1) is 12.8. The van der Waals surface area contributed by atoms with Gasteiger partial charge in [-0.2, -0.15) is 5.10 Å². The van der Waals surface area contributed by atoms with Crippen LogP contribution in [0.1, 0.15) is 49.9 Å². The van der Waals surface area contributed by atoms with Crippen LogP contribution in [0.3, 0.4) is 0 Å². The summed E-state index contributed by atoms with van der Waals surface area (Å²) in [7, 11) is 1.89. The van der Waals surface area contributed by atoms with Crippen molar-refractivity contribution in [2.75, 3.05) is 13.1 Å². The van der Waals surface area contributed by atoms with Crippen molar-refractivity contribution in [3.05, 3.63) is 48.0 Å². The molecule has 0 spiro atoms. The molecule has 0 radical (unpaired) electrons. The highest BCUT2D eigenvalue weighted by Gasteiger charge is 2.22. The number of guanidine groups is 1. The number of aliphatic imine (C=N–C) groups is 1. The fourth-order valence-corrected chi connectivity index (χ4v) is 3.62. The van der Waals surface area contributed by atoms with Crippen molar-refractivity contribution in [1.29, 1.82) is 0 Å². The Morgan fingerprint density at radius 3 is 2.58 bits per heavy atom. The lowest BCUT2D eigenvalue weighted by Gasteiger charge is -2.29. The minimum Gasteiger partial charge on any atom is -0.357 e. The summed E-state index contributed by atoms with van der Waals surface area (Å²) in [5.41, 5.74) is 1.50. The molecule has 2 N–H and O–H groups in total. The van der Waals surface area contributed by atoms with Crippen LogP contribution in [-0.4, -0.2) is 33.8 Å². The predicted octanol–water partition coefficient (Wildman–Crippen LogP) is 2.84. The van der Waals surface area contributed by atoms with Crippen molar-refractivity contribution >= 4 is 5.96 Å². The summed E-state index contributed by atoms with van der Waals surface area (Å²) in [5, 5.41) is 10.9. The minimum atomic E-state index is 0.534. The van der Waals surface area contributed by atoms with E-state index in [4.69, 9.17) is 0 Å². The smallest absolute Gasteiger partial charge is 0.191 e. The molecule has 1 aromatic heterocycles. The number of aromatic nitrogens is 3. The van der Waals surface area contributed by atoms with Crippen LogP contribution in [0.2, 0.25) is 0 Å². The highest BCUT2D eigenvalue weighted by atomic mass is 15.3. The van der Waals surface area contributed by atoms with E-state index >= 15 is 0 Å². The molecule has 1 aliphatic carbocycles. The second kappa shape index (κ2) is 9.36. The lowest BCUT2D eigenvalue weighted by molar-refractivity contribution is 0.324. The quantitative estimate of drug-likeness (QED) is 0.618. The molecular formula is C20H30N6. The molecule has 140 valence electrons. The average molecular weight is 355 g/mol. The van der Waals surface area contributed by atoms with Crippen LogP contribution in [0.4, 0.5) is 0 Å². The first kappa shape index (κ1) is 18.4. The van der Waals surface area contributed by atoms with Crippen LogP contribution in [0.5, 0.6) is 0 Å². The molecule has 0 atom stereocenters. The third kappa shape index (κ3) is 5.07. The summed E-state index contributed by atoms with van der Waals surface area (Å²) < 4.78 is 1.76. The van der Waals surface area contributed by atoms with Crippen LogP contribution in [-0.2, 0) is 13.6 Å². The zero-order chi connectivity index (χ0) is 18.2. The third-order valence-electron chi connectivity index (χ3n) is 5.20. The standard InChI is InChI=1S/C20H30N6/c1-3-21-20(23-14-19-24-15-25-26(19)2)22-13-16-9-11-18(12-10-16)17-7-5-4-6-8-17/h4-8,15-16,18H,3,9-14H2,1-2H3,(H2,21,22,23). The third-order valence-corrected chi connectivity index (χ3v) is 5.20. The van der Waals surface area contributed by atoms with E-state index in [0.29, 0.717) is 12.5 Å². The van der Waals surface area contributed by atoms with E-state index in [2.05, 4.69) is 63.0 Å². The molecule has 0 bridgehead atoms. The summed E-state index contributed by atoms with van der Waals surface area (Å²) in [5.74, 6) is 3.17. The zero-order valence-electron chi connectivity index (χ0n) is 15.9.